The van der Waals surface area contributed by atoms with Gasteiger partial charge >= 0.3 is 5.97 Å². The Morgan fingerprint density at radius 2 is 2.00 bits per heavy atom. The van der Waals surface area contributed by atoms with Crippen LogP contribution in [0.4, 0.5) is 0 Å². The van der Waals surface area contributed by atoms with E-state index in [1.807, 2.05) is 24.3 Å². The van der Waals surface area contributed by atoms with Crippen molar-refractivity contribution < 1.29 is 19.4 Å². The van der Waals surface area contributed by atoms with E-state index in [0.717, 1.165) is 11.3 Å². The molecule has 0 heterocycles. The second-order valence-electron chi connectivity index (χ2n) is 3.70. The molecule has 0 spiro atoms. The standard InChI is InChI=1S/C14H18O4/c1-17-13-7-4-12(5-8-13)6-9-14(16)18-11-3-2-10-15/h4-9,15H,2-3,10-11H2,1H3/b9-6+. The molecule has 0 saturated carbocycles. The van der Waals surface area contributed by atoms with Gasteiger partial charge in [-0.2, -0.15) is 0 Å². The van der Waals surface area contributed by atoms with Gasteiger partial charge in [0.1, 0.15) is 5.75 Å². The van der Waals surface area contributed by atoms with Crippen LogP contribution in [0.5, 0.6) is 5.75 Å². The first-order valence-electron chi connectivity index (χ1n) is 5.86. The molecule has 0 atom stereocenters. The molecule has 0 unspecified atom stereocenters. The molecule has 98 valence electrons. The number of hydrogen-bond acceptors (Lipinski definition) is 4. The minimum atomic E-state index is -0.372. The van der Waals surface area contributed by atoms with Gasteiger partial charge in [0.2, 0.25) is 0 Å². The Hall–Kier alpha value is -1.81. The summed E-state index contributed by atoms with van der Waals surface area (Å²) in [6, 6.07) is 7.36. The number of aliphatic hydroxyl groups excluding tert-OH is 1. The molecule has 1 aromatic carbocycles. The van der Waals surface area contributed by atoms with E-state index in [9.17, 15) is 4.79 Å². The van der Waals surface area contributed by atoms with E-state index in [1.54, 1.807) is 13.2 Å². The van der Waals surface area contributed by atoms with Crippen LogP contribution in [0.15, 0.2) is 30.3 Å². The highest BCUT2D eigenvalue weighted by atomic mass is 16.5. The first-order chi connectivity index (χ1) is 8.76. The lowest BCUT2D eigenvalue weighted by Crippen LogP contribution is -2.02. The summed E-state index contributed by atoms with van der Waals surface area (Å²) >= 11 is 0. The molecular formula is C14H18O4. The number of benzene rings is 1. The van der Waals surface area contributed by atoms with Gasteiger partial charge in [0.15, 0.2) is 0 Å². The van der Waals surface area contributed by atoms with Crippen LogP contribution in [0, 0.1) is 0 Å². The number of hydrogen-bond donors (Lipinski definition) is 1. The molecule has 4 nitrogen and oxygen atoms in total. The first kappa shape index (κ1) is 14.3. The fourth-order valence-electron chi connectivity index (χ4n) is 1.31. The Morgan fingerprint density at radius 3 is 2.61 bits per heavy atom. The summed E-state index contributed by atoms with van der Waals surface area (Å²) in [4.78, 5) is 11.3. The van der Waals surface area contributed by atoms with Crippen molar-refractivity contribution in [1.82, 2.24) is 0 Å². The Labute approximate surface area is 107 Å². The smallest absolute Gasteiger partial charge is 0.330 e. The monoisotopic (exact) mass is 250 g/mol. The van der Waals surface area contributed by atoms with Gasteiger partial charge in [-0.3, -0.25) is 0 Å². The van der Waals surface area contributed by atoms with E-state index < -0.39 is 0 Å². The third-order valence-electron chi connectivity index (χ3n) is 2.32. The normalized spacial score (nSPS) is 10.6. The number of carbonyl (C=O) groups excluding carboxylic acids is 1. The van der Waals surface area contributed by atoms with Crippen LogP contribution < -0.4 is 4.74 Å². The highest BCUT2D eigenvalue weighted by molar-refractivity contribution is 5.87. The summed E-state index contributed by atoms with van der Waals surface area (Å²) in [5, 5.41) is 8.56. The highest BCUT2D eigenvalue weighted by Crippen LogP contribution is 2.12. The van der Waals surface area contributed by atoms with Crippen LogP contribution in [0.1, 0.15) is 18.4 Å². The Balaban J connectivity index is 2.35. The quantitative estimate of drug-likeness (QED) is 0.457. The van der Waals surface area contributed by atoms with E-state index >= 15 is 0 Å². The fraction of sp³-hybridized carbons (Fsp3) is 0.357. The maximum absolute atomic E-state index is 11.3. The van der Waals surface area contributed by atoms with Crippen molar-refractivity contribution >= 4 is 12.0 Å². The topological polar surface area (TPSA) is 55.8 Å². The summed E-state index contributed by atoms with van der Waals surface area (Å²) < 4.78 is 9.98. The van der Waals surface area contributed by atoms with Gasteiger partial charge in [-0.25, -0.2) is 4.79 Å². The maximum Gasteiger partial charge on any atom is 0.330 e. The molecule has 0 aliphatic carbocycles. The number of aliphatic hydroxyl groups is 1. The lowest BCUT2D eigenvalue weighted by Gasteiger charge is -2.01. The Kier molecular flexibility index (Phi) is 6.58. The zero-order chi connectivity index (χ0) is 13.2. The van der Waals surface area contributed by atoms with Gasteiger partial charge in [-0.15, -0.1) is 0 Å². The fourth-order valence-corrected chi connectivity index (χ4v) is 1.31. The van der Waals surface area contributed by atoms with E-state index in [1.165, 1.54) is 6.08 Å². The molecular weight excluding hydrogens is 232 g/mol. The van der Waals surface area contributed by atoms with Crippen LogP contribution >= 0.6 is 0 Å². The van der Waals surface area contributed by atoms with Crippen LogP contribution in [0.2, 0.25) is 0 Å². The molecule has 0 aliphatic heterocycles. The van der Waals surface area contributed by atoms with Gasteiger partial charge in [-0.1, -0.05) is 12.1 Å². The molecule has 4 heteroatoms. The van der Waals surface area contributed by atoms with Crippen molar-refractivity contribution in [3.05, 3.63) is 35.9 Å². The third-order valence-corrected chi connectivity index (χ3v) is 2.32. The van der Waals surface area contributed by atoms with Crippen molar-refractivity contribution in [3.63, 3.8) is 0 Å². The van der Waals surface area contributed by atoms with Crippen LogP contribution in [-0.4, -0.2) is 31.4 Å². The largest absolute Gasteiger partial charge is 0.497 e. The van der Waals surface area contributed by atoms with Crippen LogP contribution in [-0.2, 0) is 9.53 Å². The number of unbranched alkanes of at least 4 members (excludes halogenated alkanes) is 1. The Bertz CT molecular complexity index is 381. The molecule has 0 aromatic heterocycles. The number of esters is 1. The SMILES string of the molecule is COc1ccc(/C=C/C(=O)OCCCCO)cc1. The van der Waals surface area contributed by atoms with Gasteiger partial charge in [0, 0.05) is 12.7 Å². The van der Waals surface area contributed by atoms with Crippen molar-refractivity contribution in [3.8, 4) is 5.75 Å². The summed E-state index contributed by atoms with van der Waals surface area (Å²) in [5.41, 5.74) is 0.906. The maximum atomic E-state index is 11.3. The zero-order valence-electron chi connectivity index (χ0n) is 10.5. The molecule has 0 fully saturated rings. The summed E-state index contributed by atoms with van der Waals surface area (Å²) in [6.07, 6.45) is 4.41. The molecule has 1 rings (SSSR count). The van der Waals surface area contributed by atoms with Crippen LogP contribution in [0.3, 0.4) is 0 Å². The van der Waals surface area contributed by atoms with Crippen molar-refractivity contribution in [1.29, 1.82) is 0 Å². The molecule has 0 bridgehead atoms. The van der Waals surface area contributed by atoms with Gasteiger partial charge in [0.25, 0.3) is 0 Å². The average Bonchev–Trinajstić information content (AvgIpc) is 2.42. The number of carbonyl (C=O) groups is 1. The van der Waals surface area contributed by atoms with Gasteiger partial charge < -0.3 is 14.6 Å². The second kappa shape index (κ2) is 8.31. The van der Waals surface area contributed by atoms with E-state index in [0.29, 0.717) is 19.4 Å². The molecule has 0 aliphatic rings. The van der Waals surface area contributed by atoms with Gasteiger partial charge in [-0.05, 0) is 36.6 Å². The molecule has 1 aromatic rings. The predicted octanol–water partition coefficient (Wildman–Crippen LogP) is 2.02. The van der Waals surface area contributed by atoms with E-state index in [4.69, 9.17) is 14.6 Å². The average molecular weight is 250 g/mol. The van der Waals surface area contributed by atoms with Crippen molar-refractivity contribution in [2.24, 2.45) is 0 Å². The summed E-state index contributed by atoms with van der Waals surface area (Å²) in [6.45, 7) is 0.464. The number of ether oxygens (including phenoxy) is 2. The molecule has 0 amide bonds. The number of methoxy groups -OCH3 is 1. The minimum absolute atomic E-state index is 0.124. The van der Waals surface area contributed by atoms with Gasteiger partial charge in [0.05, 0.1) is 13.7 Å². The molecule has 1 N–H and O–H groups in total. The minimum Gasteiger partial charge on any atom is -0.497 e. The zero-order valence-corrected chi connectivity index (χ0v) is 10.5. The Morgan fingerprint density at radius 1 is 1.28 bits per heavy atom. The van der Waals surface area contributed by atoms with E-state index in [-0.39, 0.29) is 12.6 Å². The third kappa shape index (κ3) is 5.50. The second-order valence-corrected chi connectivity index (χ2v) is 3.70. The predicted molar refractivity (Wildman–Crippen MR) is 69.3 cm³/mol. The lowest BCUT2D eigenvalue weighted by atomic mass is 10.2. The molecule has 0 radical (unpaired) electrons. The summed E-state index contributed by atoms with van der Waals surface area (Å²) in [5.74, 6) is 0.405. The van der Waals surface area contributed by atoms with Crippen molar-refractivity contribution in [2.75, 3.05) is 20.3 Å². The van der Waals surface area contributed by atoms with Crippen molar-refractivity contribution in [2.45, 2.75) is 12.8 Å². The summed E-state index contributed by atoms with van der Waals surface area (Å²) in [7, 11) is 1.61. The number of rotatable bonds is 7. The molecule has 18 heavy (non-hydrogen) atoms. The van der Waals surface area contributed by atoms with Crippen LogP contribution in [0.25, 0.3) is 6.08 Å². The van der Waals surface area contributed by atoms with E-state index in [2.05, 4.69) is 0 Å². The first-order valence-corrected chi connectivity index (χ1v) is 5.86. The lowest BCUT2D eigenvalue weighted by molar-refractivity contribution is -0.137. The molecule has 0 saturated heterocycles. The highest BCUT2D eigenvalue weighted by Gasteiger charge is 1.97.